The molecule has 1 fully saturated rings. The highest BCUT2D eigenvalue weighted by Crippen LogP contribution is 2.26. The lowest BCUT2D eigenvalue weighted by molar-refractivity contribution is -0.384. The van der Waals surface area contributed by atoms with E-state index in [1.54, 1.807) is 12.1 Å². The zero-order valence-electron chi connectivity index (χ0n) is 11.6. The molecule has 7 nitrogen and oxygen atoms in total. The van der Waals surface area contributed by atoms with E-state index in [2.05, 4.69) is 0 Å². The fraction of sp³-hybridized carbons (Fsp3) is 0.267. The summed E-state index contributed by atoms with van der Waals surface area (Å²) < 4.78 is 5.71. The first-order valence-electron chi connectivity index (χ1n) is 6.81. The van der Waals surface area contributed by atoms with E-state index in [9.17, 15) is 14.9 Å². The van der Waals surface area contributed by atoms with Crippen molar-refractivity contribution in [2.75, 3.05) is 13.1 Å². The molecular weight excluding hydrogens is 288 g/mol. The summed E-state index contributed by atoms with van der Waals surface area (Å²) in [7, 11) is 0. The van der Waals surface area contributed by atoms with Gasteiger partial charge < -0.3 is 9.52 Å². The Morgan fingerprint density at radius 3 is 2.55 bits per heavy atom. The van der Waals surface area contributed by atoms with E-state index in [1.165, 1.54) is 12.1 Å². The minimum atomic E-state index is -0.762. The van der Waals surface area contributed by atoms with Crippen LogP contribution in [-0.2, 0) is 11.3 Å². The van der Waals surface area contributed by atoms with Crippen LogP contribution in [0.1, 0.15) is 5.76 Å². The average Bonchev–Trinajstić information content (AvgIpc) is 2.90. The van der Waals surface area contributed by atoms with Crippen molar-refractivity contribution in [1.82, 2.24) is 4.90 Å². The SMILES string of the molecule is O=C(O)C1CN(Cc2ccc(-c3ccc([N+](=O)[O-])cc3)o2)C1. The second kappa shape index (κ2) is 5.61. The summed E-state index contributed by atoms with van der Waals surface area (Å²) in [5.41, 5.74) is 0.805. The van der Waals surface area contributed by atoms with Gasteiger partial charge in [0.1, 0.15) is 11.5 Å². The van der Waals surface area contributed by atoms with E-state index in [0.717, 1.165) is 11.3 Å². The number of nitro benzene ring substituents is 1. The summed E-state index contributed by atoms with van der Waals surface area (Å²) in [5.74, 6) is 0.337. The highest BCUT2D eigenvalue weighted by Gasteiger charge is 2.32. The first-order chi connectivity index (χ1) is 10.5. The van der Waals surface area contributed by atoms with Crippen LogP contribution < -0.4 is 0 Å². The van der Waals surface area contributed by atoms with Crippen LogP contribution in [0.25, 0.3) is 11.3 Å². The lowest BCUT2D eigenvalue weighted by atomic mass is 10.0. The van der Waals surface area contributed by atoms with Gasteiger partial charge in [0.25, 0.3) is 5.69 Å². The third-order valence-corrected chi connectivity index (χ3v) is 3.71. The predicted molar refractivity (Wildman–Crippen MR) is 77.2 cm³/mol. The molecule has 1 aliphatic rings. The fourth-order valence-corrected chi connectivity index (χ4v) is 2.44. The quantitative estimate of drug-likeness (QED) is 0.672. The van der Waals surface area contributed by atoms with Gasteiger partial charge in [-0.05, 0) is 24.3 Å². The van der Waals surface area contributed by atoms with Gasteiger partial charge in [-0.15, -0.1) is 0 Å². The first kappa shape index (κ1) is 14.3. The van der Waals surface area contributed by atoms with E-state index in [4.69, 9.17) is 9.52 Å². The molecule has 1 aliphatic heterocycles. The van der Waals surface area contributed by atoms with Gasteiger partial charge >= 0.3 is 5.97 Å². The van der Waals surface area contributed by atoms with Crippen molar-refractivity contribution in [1.29, 1.82) is 0 Å². The summed E-state index contributed by atoms with van der Waals surface area (Å²) in [6, 6.07) is 9.81. The normalized spacial score (nSPS) is 15.5. The molecule has 0 radical (unpaired) electrons. The lowest BCUT2D eigenvalue weighted by Gasteiger charge is -2.35. The minimum absolute atomic E-state index is 0.0378. The predicted octanol–water partition coefficient (Wildman–Crippen LogP) is 2.37. The van der Waals surface area contributed by atoms with E-state index in [0.29, 0.717) is 25.4 Å². The van der Waals surface area contributed by atoms with Gasteiger partial charge in [0.05, 0.1) is 17.4 Å². The molecule has 22 heavy (non-hydrogen) atoms. The number of benzene rings is 1. The summed E-state index contributed by atoms with van der Waals surface area (Å²) in [6.45, 7) is 1.63. The molecule has 0 saturated carbocycles. The number of carboxylic acid groups (broad SMARTS) is 1. The molecule has 0 amide bonds. The van der Waals surface area contributed by atoms with Crippen LogP contribution >= 0.6 is 0 Å². The fourth-order valence-electron chi connectivity index (χ4n) is 2.44. The molecular formula is C15H14N2O5. The molecule has 1 saturated heterocycles. The summed E-state index contributed by atoms with van der Waals surface area (Å²) in [5, 5.41) is 19.5. The van der Waals surface area contributed by atoms with Crippen molar-refractivity contribution in [3.8, 4) is 11.3 Å². The summed E-state index contributed by atoms with van der Waals surface area (Å²) >= 11 is 0. The van der Waals surface area contributed by atoms with E-state index >= 15 is 0 Å². The topological polar surface area (TPSA) is 96.8 Å². The molecule has 0 aliphatic carbocycles. The summed E-state index contributed by atoms with van der Waals surface area (Å²) in [6.07, 6.45) is 0. The number of nitro groups is 1. The second-order valence-electron chi connectivity index (χ2n) is 5.30. The van der Waals surface area contributed by atoms with Gasteiger partial charge in [-0.2, -0.15) is 0 Å². The maximum absolute atomic E-state index is 10.7. The van der Waals surface area contributed by atoms with Gasteiger partial charge in [0.15, 0.2) is 0 Å². The second-order valence-corrected chi connectivity index (χ2v) is 5.30. The molecule has 1 aromatic carbocycles. The highest BCUT2D eigenvalue weighted by molar-refractivity contribution is 5.71. The number of hydrogen-bond acceptors (Lipinski definition) is 5. The number of aliphatic carboxylic acids is 1. The van der Waals surface area contributed by atoms with Gasteiger partial charge in [0, 0.05) is 30.8 Å². The Hall–Kier alpha value is -2.67. The molecule has 1 N–H and O–H groups in total. The molecule has 0 unspecified atom stereocenters. The van der Waals surface area contributed by atoms with Crippen LogP contribution in [0.15, 0.2) is 40.8 Å². The Morgan fingerprint density at radius 1 is 1.27 bits per heavy atom. The Bertz CT molecular complexity index is 701. The van der Waals surface area contributed by atoms with Gasteiger partial charge in [-0.1, -0.05) is 0 Å². The number of carboxylic acids is 1. The summed E-state index contributed by atoms with van der Waals surface area (Å²) in [4.78, 5) is 22.9. The number of nitrogens with zero attached hydrogens (tertiary/aromatic N) is 2. The van der Waals surface area contributed by atoms with Gasteiger partial charge in [-0.25, -0.2) is 0 Å². The van der Waals surface area contributed by atoms with Crippen LogP contribution in [0.5, 0.6) is 0 Å². The van der Waals surface area contributed by atoms with Crippen molar-refractivity contribution in [3.05, 3.63) is 52.3 Å². The zero-order valence-corrected chi connectivity index (χ0v) is 11.6. The molecule has 0 bridgehead atoms. The number of rotatable bonds is 5. The van der Waals surface area contributed by atoms with Crippen LogP contribution in [0.4, 0.5) is 5.69 Å². The van der Waals surface area contributed by atoms with Crippen LogP contribution in [0.2, 0.25) is 0 Å². The maximum Gasteiger partial charge on any atom is 0.309 e. The van der Waals surface area contributed by atoms with Crippen LogP contribution in [0, 0.1) is 16.0 Å². The Morgan fingerprint density at radius 2 is 1.95 bits per heavy atom. The molecule has 0 atom stereocenters. The number of carbonyl (C=O) groups is 1. The van der Waals surface area contributed by atoms with E-state index in [1.807, 2.05) is 17.0 Å². The van der Waals surface area contributed by atoms with Crippen molar-refractivity contribution in [3.63, 3.8) is 0 Å². The highest BCUT2D eigenvalue weighted by atomic mass is 16.6. The third-order valence-electron chi connectivity index (χ3n) is 3.71. The van der Waals surface area contributed by atoms with Crippen molar-refractivity contribution >= 4 is 11.7 Å². The van der Waals surface area contributed by atoms with Crippen molar-refractivity contribution < 1.29 is 19.2 Å². The van der Waals surface area contributed by atoms with E-state index < -0.39 is 10.9 Å². The smallest absolute Gasteiger partial charge is 0.309 e. The lowest BCUT2D eigenvalue weighted by Crippen LogP contribution is -2.49. The molecule has 3 rings (SSSR count). The Balaban J connectivity index is 1.64. The molecule has 2 heterocycles. The van der Waals surface area contributed by atoms with Crippen molar-refractivity contribution in [2.24, 2.45) is 5.92 Å². The molecule has 114 valence electrons. The molecule has 0 spiro atoms. The number of hydrogen-bond donors (Lipinski definition) is 1. The first-order valence-corrected chi connectivity index (χ1v) is 6.81. The van der Waals surface area contributed by atoms with Crippen LogP contribution in [-0.4, -0.2) is 34.0 Å². The van der Waals surface area contributed by atoms with E-state index in [-0.39, 0.29) is 11.6 Å². The molecule has 7 heteroatoms. The maximum atomic E-state index is 10.7. The van der Waals surface area contributed by atoms with Crippen molar-refractivity contribution in [2.45, 2.75) is 6.54 Å². The Kier molecular flexibility index (Phi) is 3.64. The zero-order chi connectivity index (χ0) is 15.7. The van der Waals surface area contributed by atoms with Gasteiger partial charge in [-0.3, -0.25) is 19.8 Å². The largest absolute Gasteiger partial charge is 0.481 e. The van der Waals surface area contributed by atoms with Crippen LogP contribution in [0.3, 0.4) is 0 Å². The molecule has 2 aromatic rings. The molecule has 1 aromatic heterocycles. The number of non-ortho nitro benzene ring substituents is 1. The number of furan rings is 1. The third kappa shape index (κ3) is 2.84. The average molecular weight is 302 g/mol. The standard InChI is InChI=1S/C15H14N2O5/c18-15(19)11-7-16(8-11)9-13-5-6-14(22-13)10-1-3-12(4-2-10)17(20)21/h1-6,11H,7-9H2,(H,18,19). The monoisotopic (exact) mass is 302 g/mol. The Labute approximate surface area is 125 Å². The number of likely N-dealkylation sites (tertiary alicyclic amines) is 1. The van der Waals surface area contributed by atoms with Gasteiger partial charge in [0.2, 0.25) is 0 Å². The minimum Gasteiger partial charge on any atom is -0.481 e.